The Morgan fingerprint density at radius 2 is 2.05 bits per heavy atom. The highest BCUT2D eigenvalue weighted by Crippen LogP contribution is 2.02. The van der Waals surface area contributed by atoms with Crippen LogP contribution in [0.3, 0.4) is 0 Å². The first-order chi connectivity index (χ1) is 9.08. The fourth-order valence-electron chi connectivity index (χ4n) is 1.79. The number of aromatic nitrogens is 1. The zero-order chi connectivity index (χ0) is 14.1. The summed E-state index contributed by atoms with van der Waals surface area (Å²) in [5.74, 6) is 0. The SMILES string of the molecule is CC(C)NCc1ccnc(CNCCCN(C)C)c1. The molecule has 0 aliphatic heterocycles. The summed E-state index contributed by atoms with van der Waals surface area (Å²) in [7, 11) is 4.21. The van der Waals surface area contributed by atoms with Gasteiger partial charge in [0.25, 0.3) is 0 Å². The first-order valence-electron chi connectivity index (χ1n) is 7.10. The van der Waals surface area contributed by atoms with E-state index in [1.807, 2.05) is 6.20 Å². The van der Waals surface area contributed by atoms with Crippen molar-refractivity contribution in [3.8, 4) is 0 Å². The van der Waals surface area contributed by atoms with E-state index in [9.17, 15) is 0 Å². The summed E-state index contributed by atoms with van der Waals surface area (Å²) < 4.78 is 0. The third kappa shape index (κ3) is 7.93. The Bertz CT molecular complexity index is 350. The van der Waals surface area contributed by atoms with Gasteiger partial charge in [-0.2, -0.15) is 0 Å². The average Bonchev–Trinajstić information content (AvgIpc) is 2.36. The summed E-state index contributed by atoms with van der Waals surface area (Å²) >= 11 is 0. The predicted octanol–water partition coefficient (Wildman–Crippen LogP) is 1.62. The highest BCUT2D eigenvalue weighted by atomic mass is 15.1. The molecule has 0 aliphatic carbocycles. The highest BCUT2D eigenvalue weighted by Gasteiger charge is 1.99. The summed E-state index contributed by atoms with van der Waals surface area (Å²) in [6, 6.07) is 4.76. The maximum Gasteiger partial charge on any atom is 0.0544 e. The minimum Gasteiger partial charge on any atom is -0.311 e. The Balaban J connectivity index is 2.27. The van der Waals surface area contributed by atoms with E-state index in [4.69, 9.17) is 0 Å². The molecule has 19 heavy (non-hydrogen) atoms. The van der Waals surface area contributed by atoms with Gasteiger partial charge in [0.1, 0.15) is 0 Å². The van der Waals surface area contributed by atoms with Crippen molar-refractivity contribution >= 4 is 0 Å². The van der Waals surface area contributed by atoms with Crippen LogP contribution in [0.15, 0.2) is 18.3 Å². The van der Waals surface area contributed by atoms with Gasteiger partial charge in [0.05, 0.1) is 5.69 Å². The van der Waals surface area contributed by atoms with Crippen LogP contribution in [-0.4, -0.2) is 43.1 Å². The van der Waals surface area contributed by atoms with Gasteiger partial charge in [-0.1, -0.05) is 13.8 Å². The minimum atomic E-state index is 0.515. The summed E-state index contributed by atoms with van der Waals surface area (Å²) in [4.78, 5) is 6.61. The number of nitrogens with zero attached hydrogens (tertiary/aromatic N) is 2. The van der Waals surface area contributed by atoms with E-state index in [-0.39, 0.29) is 0 Å². The van der Waals surface area contributed by atoms with E-state index in [2.05, 4.69) is 60.6 Å². The lowest BCUT2D eigenvalue weighted by molar-refractivity contribution is 0.394. The average molecular weight is 264 g/mol. The van der Waals surface area contributed by atoms with Gasteiger partial charge < -0.3 is 15.5 Å². The van der Waals surface area contributed by atoms with E-state index in [1.165, 1.54) is 12.0 Å². The van der Waals surface area contributed by atoms with Gasteiger partial charge in [-0.25, -0.2) is 0 Å². The van der Waals surface area contributed by atoms with Gasteiger partial charge in [-0.3, -0.25) is 4.98 Å². The predicted molar refractivity (Wildman–Crippen MR) is 81.1 cm³/mol. The van der Waals surface area contributed by atoms with Crippen molar-refractivity contribution in [3.05, 3.63) is 29.6 Å². The van der Waals surface area contributed by atoms with Crippen LogP contribution in [0.25, 0.3) is 0 Å². The zero-order valence-corrected chi connectivity index (χ0v) is 12.7. The number of nitrogens with one attached hydrogen (secondary N) is 2. The van der Waals surface area contributed by atoms with Gasteiger partial charge in [0, 0.05) is 25.3 Å². The smallest absolute Gasteiger partial charge is 0.0544 e. The lowest BCUT2D eigenvalue weighted by atomic mass is 10.2. The Morgan fingerprint density at radius 1 is 1.26 bits per heavy atom. The molecular weight excluding hydrogens is 236 g/mol. The topological polar surface area (TPSA) is 40.2 Å². The molecule has 0 aromatic carbocycles. The van der Waals surface area contributed by atoms with E-state index in [0.29, 0.717) is 6.04 Å². The second-order valence-electron chi connectivity index (χ2n) is 5.52. The Morgan fingerprint density at radius 3 is 2.74 bits per heavy atom. The molecule has 0 aliphatic rings. The Kier molecular flexibility index (Phi) is 7.63. The summed E-state index contributed by atoms with van der Waals surface area (Å²) in [5.41, 5.74) is 2.42. The molecule has 0 fully saturated rings. The number of pyridine rings is 1. The van der Waals surface area contributed by atoms with Crippen molar-refractivity contribution in [1.29, 1.82) is 0 Å². The van der Waals surface area contributed by atoms with E-state index in [1.54, 1.807) is 0 Å². The maximum atomic E-state index is 4.40. The molecule has 0 saturated carbocycles. The lowest BCUT2D eigenvalue weighted by Gasteiger charge is -2.11. The van der Waals surface area contributed by atoms with Crippen molar-refractivity contribution in [2.24, 2.45) is 0 Å². The van der Waals surface area contributed by atoms with Crippen molar-refractivity contribution in [1.82, 2.24) is 20.5 Å². The number of rotatable bonds is 9. The Labute approximate surface area is 117 Å². The first-order valence-corrected chi connectivity index (χ1v) is 7.10. The van der Waals surface area contributed by atoms with Crippen LogP contribution >= 0.6 is 0 Å². The first kappa shape index (κ1) is 16.1. The van der Waals surface area contributed by atoms with E-state index in [0.717, 1.165) is 31.9 Å². The fraction of sp³-hybridized carbons (Fsp3) is 0.667. The monoisotopic (exact) mass is 264 g/mol. The van der Waals surface area contributed by atoms with Crippen LogP contribution in [0, 0.1) is 0 Å². The molecule has 0 amide bonds. The maximum absolute atomic E-state index is 4.40. The molecule has 0 unspecified atom stereocenters. The number of hydrogen-bond acceptors (Lipinski definition) is 4. The molecular formula is C15H28N4. The third-order valence-corrected chi connectivity index (χ3v) is 2.86. The second kappa shape index (κ2) is 9.02. The van der Waals surface area contributed by atoms with E-state index < -0.39 is 0 Å². The van der Waals surface area contributed by atoms with Gasteiger partial charge in [-0.05, 0) is 51.3 Å². The van der Waals surface area contributed by atoms with Gasteiger partial charge in [-0.15, -0.1) is 0 Å². The normalized spacial score (nSPS) is 11.5. The summed E-state index contributed by atoms with van der Waals surface area (Å²) in [5, 5.41) is 6.86. The second-order valence-corrected chi connectivity index (χ2v) is 5.52. The molecule has 2 N–H and O–H groups in total. The van der Waals surface area contributed by atoms with Crippen LogP contribution in [-0.2, 0) is 13.1 Å². The standard InChI is InChI=1S/C15H28N4/c1-13(2)18-11-14-6-8-17-15(10-14)12-16-7-5-9-19(3)4/h6,8,10,13,16,18H,5,7,9,11-12H2,1-4H3. The highest BCUT2D eigenvalue weighted by molar-refractivity contribution is 5.16. The molecule has 4 nitrogen and oxygen atoms in total. The van der Waals surface area contributed by atoms with Crippen molar-refractivity contribution in [3.63, 3.8) is 0 Å². The summed E-state index contributed by atoms with van der Waals surface area (Å²) in [6.07, 6.45) is 3.07. The molecule has 4 heteroatoms. The lowest BCUT2D eigenvalue weighted by Crippen LogP contribution is -2.23. The molecule has 0 saturated heterocycles. The molecule has 108 valence electrons. The zero-order valence-electron chi connectivity index (χ0n) is 12.7. The molecule has 1 aromatic rings. The van der Waals surface area contributed by atoms with Crippen LogP contribution in [0.2, 0.25) is 0 Å². The van der Waals surface area contributed by atoms with Crippen LogP contribution < -0.4 is 10.6 Å². The van der Waals surface area contributed by atoms with Gasteiger partial charge in [0.15, 0.2) is 0 Å². The molecule has 1 rings (SSSR count). The molecule has 0 radical (unpaired) electrons. The minimum absolute atomic E-state index is 0.515. The van der Waals surface area contributed by atoms with E-state index >= 15 is 0 Å². The van der Waals surface area contributed by atoms with Crippen LogP contribution in [0.5, 0.6) is 0 Å². The van der Waals surface area contributed by atoms with Gasteiger partial charge in [0.2, 0.25) is 0 Å². The molecule has 0 bridgehead atoms. The van der Waals surface area contributed by atoms with Crippen LogP contribution in [0.4, 0.5) is 0 Å². The Hall–Kier alpha value is -0.970. The molecule has 1 aromatic heterocycles. The molecule has 1 heterocycles. The molecule has 0 spiro atoms. The van der Waals surface area contributed by atoms with Crippen LogP contribution in [0.1, 0.15) is 31.5 Å². The van der Waals surface area contributed by atoms with Crippen molar-refractivity contribution in [2.75, 3.05) is 27.2 Å². The fourth-order valence-corrected chi connectivity index (χ4v) is 1.79. The van der Waals surface area contributed by atoms with Crippen molar-refractivity contribution in [2.45, 2.75) is 39.4 Å². The largest absolute Gasteiger partial charge is 0.311 e. The number of hydrogen-bond donors (Lipinski definition) is 2. The quantitative estimate of drug-likeness (QED) is 0.665. The van der Waals surface area contributed by atoms with Gasteiger partial charge >= 0.3 is 0 Å². The molecule has 0 atom stereocenters. The summed E-state index contributed by atoms with van der Waals surface area (Å²) in [6.45, 7) is 8.24. The van der Waals surface area contributed by atoms with Crippen molar-refractivity contribution < 1.29 is 0 Å². The third-order valence-electron chi connectivity index (χ3n) is 2.86.